The Labute approximate surface area is 124 Å². The van der Waals surface area contributed by atoms with E-state index in [1.807, 2.05) is 12.1 Å². The van der Waals surface area contributed by atoms with E-state index in [0.717, 1.165) is 18.7 Å². The Morgan fingerprint density at radius 2 is 2.19 bits per heavy atom. The highest BCUT2D eigenvalue weighted by Gasteiger charge is 2.02. The van der Waals surface area contributed by atoms with Crippen LogP contribution in [0.25, 0.3) is 0 Å². The van der Waals surface area contributed by atoms with Crippen molar-refractivity contribution in [3.8, 4) is 6.07 Å². The van der Waals surface area contributed by atoms with E-state index in [2.05, 4.69) is 45.7 Å². The van der Waals surface area contributed by atoms with E-state index in [1.54, 1.807) is 18.3 Å². The molecule has 0 fully saturated rings. The molecule has 0 aliphatic heterocycles. The predicted octanol–water partition coefficient (Wildman–Crippen LogP) is 2.94. The van der Waals surface area contributed by atoms with Crippen LogP contribution in [0.5, 0.6) is 0 Å². The fraction of sp³-hybridized carbons (Fsp3) is 0.333. The van der Waals surface area contributed by atoms with E-state index < -0.39 is 0 Å². The van der Waals surface area contributed by atoms with Crippen LogP contribution < -0.4 is 10.6 Å². The molecule has 108 valence electrons. The monoisotopic (exact) mass is 282 g/mol. The molecular weight excluding hydrogens is 264 g/mol. The summed E-state index contributed by atoms with van der Waals surface area (Å²) in [6.45, 7) is 5.15. The first kappa shape index (κ1) is 14.7. The largest absolute Gasteiger partial charge is 0.353 e. The van der Waals surface area contributed by atoms with Gasteiger partial charge in [-0.05, 0) is 30.5 Å². The van der Waals surface area contributed by atoms with Gasteiger partial charge in [-0.15, -0.1) is 5.10 Å². The number of nitriles is 1. The lowest BCUT2D eigenvalue weighted by Gasteiger charge is -2.08. The van der Waals surface area contributed by atoms with Crippen LogP contribution >= 0.6 is 0 Å². The van der Waals surface area contributed by atoms with Crippen molar-refractivity contribution in [2.45, 2.75) is 20.3 Å². The second-order valence-electron chi connectivity index (χ2n) is 5.09. The van der Waals surface area contributed by atoms with Gasteiger partial charge in [0.05, 0.1) is 17.8 Å². The van der Waals surface area contributed by atoms with E-state index in [1.165, 1.54) is 0 Å². The van der Waals surface area contributed by atoms with Gasteiger partial charge in [-0.25, -0.2) is 0 Å². The first-order chi connectivity index (χ1) is 10.2. The third-order valence-electron chi connectivity index (χ3n) is 2.83. The maximum atomic E-state index is 8.89. The summed E-state index contributed by atoms with van der Waals surface area (Å²) in [7, 11) is 0. The Morgan fingerprint density at radius 3 is 2.95 bits per heavy atom. The van der Waals surface area contributed by atoms with Gasteiger partial charge < -0.3 is 10.6 Å². The summed E-state index contributed by atoms with van der Waals surface area (Å²) in [6.07, 6.45) is 2.60. The normalized spacial score (nSPS) is 10.2. The molecule has 0 amide bonds. The maximum absolute atomic E-state index is 8.89. The summed E-state index contributed by atoms with van der Waals surface area (Å²) in [4.78, 5) is 4.34. The Morgan fingerprint density at radius 1 is 1.33 bits per heavy atom. The highest BCUT2D eigenvalue weighted by Crippen LogP contribution is 2.15. The first-order valence-electron chi connectivity index (χ1n) is 6.88. The van der Waals surface area contributed by atoms with E-state index >= 15 is 0 Å². The lowest BCUT2D eigenvalue weighted by atomic mass is 10.1. The zero-order valence-corrected chi connectivity index (χ0v) is 12.2. The lowest BCUT2D eigenvalue weighted by Crippen LogP contribution is -2.09. The summed E-state index contributed by atoms with van der Waals surface area (Å²) in [5.74, 6) is 1.71. The molecule has 0 aliphatic carbocycles. The molecule has 21 heavy (non-hydrogen) atoms. The van der Waals surface area contributed by atoms with Crippen LogP contribution in [0.15, 0.2) is 30.5 Å². The van der Waals surface area contributed by atoms with Gasteiger partial charge in [0, 0.05) is 12.2 Å². The Bertz CT molecular complexity index is 632. The summed E-state index contributed by atoms with van der Waals surface area (Å²) in [5.41, 5.74) is 1.39. The Balaban J connectivity index is 2.02. The maximum Gasteiger partial charge on any atom is 0.244 e. The SMILES string of the molecule is CC(C)CCNc1nncc(Nc2cccc(C#N)c2)n1. The van der Waals surface area contributed by atoms with E-state index in [9.17, 15) is 0 Å². The molecule has 2 aromatic rings. The third-order valence-corrected chi connectivity index (χ3v) is 2.83. The number of aromatic nitrogens is 3. The molecule has 1 heterocycles. The fourth-order valence-corrected chi connectivity index (χ4v) is 1.73. The van der Waals surface area contributed by atoms with Crippen LogP contribution in [-0.4, -0.2) is 21.7 Å². The number of nitrogens with one attached hydrogen (secondary N) is 2. The van der Waals surface area contributed by atoms with Crippen LogP contribution in [0.3, 0.4) is 0 Å². The molecule has 0 aliphatic rings. The van der Waals surface area contributed by atoms with Crippen LogP contribution in [-0.2, 0) is 0 Å². The molecule has 0 radical (unpaired) electrons. The highest BCUT2D eigenvalue weighted by molar-refractivity contribution is 5.58. The van der Waals surface area contributed by atoms with Crippen LogP contribution in [0.1, 0.15) is 25.8 Å². The minimum absolute atomic E-state index is 0.497. The molecule has 1 aromatic heterocycles. The van der Waals surface area contributed by atoms with E-state index in [0.29, 0.717) is 23.2 Å². The summed E-state index contributed by atoms with van der Waals surface area (Å²) >= 11 is 0. The summed E-state index contributed by atoms with van der Waals surface area (Å²) in [5, 5.41) is 23.0. The van der Waals surface area contributed by atoms with Crippen molar-refractivity contribution in [3.63, 3.8) is 0 Å². The molecule has 0 saturated carbocycles. The molecule has 2 N–H and O–H groups in total. The van der Waals surface area contributed by atoms with Crippen molar-refractivity contribution < 1.29 is 0 Å². The van der Waals surface area contributed by atoms with Crippen LogP contribution in [0.2, 0.25) is 0 Å². The van der Waals surface area contributed by atoms with Crippen LogP contribution in [0.4, 0.5) is 17.5 Å². The number of hydrogen-bond acceptors (Lipinski definition) is 6. The minimum Gasteiger partial charge on any atom is -0.353 e. The van der Waals surface area contributed by atoms with Crippen molar-refractivity contribution in [1.29, 1.82) is 5.26 Å². The van der Waals surface area contributed by atoms with Gasteiger partial charge in [0.2, 0.25) is 5.95 Å². The number of rotatable bonds is 6. The third kappa shape index (κ3) is 4.73. The standard InChI is InChI=1S/C15H18N6/c1-11(2)6-7-17-15-20-14(10-18-21-15)19-13-5-3-4-12(8-13)9-16/h3-5,8,10-11H,6-7H2,1-2H3,(H2,17,19,20,21). The highest BCUT2D eigenvalue weighted by atomic mass is 15.3. The fourth-order valence-electron chi connectivity index (χ4n) is 1.73. The second-order valence-corrected chi connectivity index (χ2v) is 5.09. The van der Waals surface area contributed by atoms with Gasteiger partial charge in [-0.1, -0.05) is 19.9 Å². The number of anilines is 3. The van der Waals surface area contributed by atoms with Gasteiger partial charge >= 0.3 is 0 Å². The number of benzene rings is 1. The number of nitrogens with zero attached hydrogens (tertiary/aromatic N) is 4. The Kier molecular flexibility index (Phi) is 5.04. The molecule has 6 heteroatoms. The van der Waals surface area contributed by atoms with Gasteiger partial charge in [0.1, 0.15) is 0 Å². The van der Waals surface area contributed by atoms with Crippen LogP contribution in [0, 0.1) is 17.2 Å². The first-order valence-corrected chi connectivity index (χ1v) is 6.88. The quantitative estimate of drug-likeness (QED) is 0.847. The zero-order chi connectivity index (χ0) is 15.1. The molecule has 0 bridgehead atoms. The zero-order valence-electron chi connectivity index (χ0n) is 12.2. The van der Waals surface area contributed by atoms with Crippen molar-refractivity contribution >= 4 is 17.5 Å². The van der Waals surface area contributed by atoms with Crippen molar-refractivity contribution in [1.82, 2.24) is 15.2 Å². The van der Waals surface area contributed by atoms with Crippen molar-refractivity contribution in [2.24, 2.45) is 5.92 Å². The van der Waals surface area contributed by atoms with Gasteiger partial charge in [-0.3, -0.25) is 0 Å². The van der Waals surface area contributed by atoms with E-state index in [4.69, 9.17) is 5.26 Å². The van der Waals surface area contributed by atoms with Crippen molar-refractivity contribution in [2.75, 3.05) is 17.2 Å². The minimum atomic E-state index is 0.497. The van der Waals surface area contributed by atoms with E-state index in [-0.39, 0.29) is 0 Å². The van der Waals surface area contributed by atoms with Gasteiger partial charge in [-0.2, -0.15) is 15.3 Å². The molecule has 6 nitrogen and oxygen atoms in total. The molecule has 1 aromatic carbocycles. The summed E-state index contributed by atoms with van der Waals surface area (Å²) in [6, 6.07) is 9.30. The molecule has 0 unspecified atom stereocenters. The van der Waals surface area contributed by atoms with Gasteiger partial charge in [0.25, 0.3) is 0 Å². The topological polar surface area (TPSA) is 86.5 Å². The summed E-state index contributed by atoms with van der Waals surface area (Å²) < 4.78 is 0. The average molecular weight is 282 g/mol. The molecule has 0 spiro atoms. The number of hydrogen-bond donors (Lipinski definition) is 2. The average Bonchev–Trinajstić information content (AvgIpc) is 2.47. The predicted molar refractivity (Wildman–Crippen MR) is 82.2 cm³/mol. The van der Waals surface area contributed by atoms with Gasteiger partial charge in [0.15, 0.2) is 5.82 Å². The molecule has 0 saturated heterocycles. The molecular formula is C15H18N6. The second kappa shape index (κ2) is 7.20. The smallest absolute Gasteiger partial charge is 0.244 e. The lowest BCUT2D eigenvalue weighted by molar-refractivity contribution is 0.605. The Hall–Kier alpha value is -2.68. The molecule has 2 rings (SSSR count). The molecule has 0 atom stereocenters. The van der Waals surface area contributed by atoms with Crippen molar-refractivity contribution in [3.05, 3.63) is 36.0 Å².